The Morgan fingerprint density at radius 1 is 0.618 bits per heavy atom. The van der Waals surface area contributed by atoms with E-state index in [2.05, 4.69) is 70.1 Å². The summed E-state index contributed by atoms with van der Waals surface area (Å²) >= 11 is 12.0. The molecule has 0 unspecified atom stereocenters. The Balaban J connectivity index is 0.000000169. The van der Waals surface area contributed by atoms with Gasteiger partial charge < -0.3 is 19.0 Å². The number of hydrogen-bond acceptors (Lipinski definition) is 3. The van der Waals surface area contributed by atoms with Gasteiger partial charge in [0.2, 0.25) is 0 Å². The summed E-state index contributed by atoms with van der Waals surface area (Å²) < 4.78 is 9.69. The number of hydrogen-bond donors (Lipinski definition) is 1. The second-order valence-electron chi connectivity index (χ2n) is 15.5. The highest BCUT2D eigenvalue weighted by Crippen LogP contribution is 2.30. The Morgan fingerprint density at radius 3 is 1.53 bits per heavy atom. The minimum absolute atomic E-state index is 0.275. The van der Waals surface area contributed by atoms with Crippen LogP contribution in [0, 0.1) is 11.8 Å². The predicted octanol–water partition coefficient (Wildman–Crippen LogP) is 12.4. The molecule has 4 aromatic carbocycles. The van der Waals surface area contributed by atoms with Crippen molar-refractivity contribution in [3.05, 3.63) is 141 Å². The molecule has 6 nitrogen and oxygen atoms in total. The molecule has 2 aliphatic carbocycles. The van der Waals surface area contributed by atoms with Crippen molar-refractivity contribution in [1.29, 1.82) is 0 Å². The number of methoxy groups -OCH3 is 1. The van der Waals surface area contributed by atoms with Gasteiger partial charge in [-0.05, 0) is 144 Å². The van der Waals surface area contributed by atoms with Crippen molar-refractivity contribution in [2.45, 2.75) is 90.1 Å². The van der Waals surface area contributed by atoms with Crippen LogP contribution >= 0.6 is 23.2 Å². The Kier molecular flexibility index (Phi) is 12.6. The Hall–Kier alpha value is -4.52. The largest absolute Gasteiger partial charge is 0.478 e. The van der Waals surface area contributed by atoms with Crippen molar-refractivity contribution in [3.63, 3.8) is 0 Å². The molecular weight excluding hydrogens is 727 g/mol. The quantitative estimate of drug-likeness (QED) is 0.141. The van der Waals surface area contributed by atoms with Crippen LogP contribution in [0.1, 0.15) is 107 Å². The van der Waals surface area contributed by atoms with Crippen molar-refractivity contribution in [2.24, 2.45) is 11.8 Å². The maximum Gasteiger partial charge on any atom is 0.338 e. The van der Waals surface area contributed by atoms with Gasteiger partial charge in [-0.2, -0.15) is 0 Å². The zero-order valence-electron chi connectivity index (χ0n) is 31.6. The fourth-order valence-electron chi connectivity index (χ4n) is 8.68. The van der Waals surface area contributed by atoms with Gasteiger partial charge in [0.05, 0.1) is 18.2 Å². The standard InChI is InChI=1S/C24H26ClNO2.C23H24ClNO2/c1-28-24(27)22-15-21(25)9-8-19(22)13-18-7-10-23-20(14-18)11-12-26(23)16-17-5-3-2-4-6-17;24-20-8-7-18(21(14-20)23(26)27)12-17-6-9-22-19(13-17)10-11-25(22)15-16-4-2-1-3-5-16/h7-12,14-15,17H,2-6,13,16H2,1H3;6-11,13-14,16H,1-5,12,15H2,(H,26,27). The van der Waals surface area contributed by atoms with Crippen molar-refractivity contribution in [1.82, 2.24) is 9.13 Å². The highest BCUT2D eigenvalue weighted by atomic mass is 35.5. The number of ether oxygens (including phenoxy) is 1. The molecule has 8 rings (SSSR count). The van der Waals surface area contributed by atoms with E-state index in [1.165, 1.54) is 105 Å². The summed E-state index contributed by atoms with van der Waals surface area (Å²) in [6.45, 7) is 2.22. The summed E-state index contributed by atoms with van der Waals surface area (Å²) in [6, 6.07) is 27.9. The number of carbonyl (C=O) groups is 2. The number of carboxylic acid groups (broad SMARTS) is 1. The fourth-order valence-corrected chi connectivity index (χ4v) is 9.02. The average molecular weight is 778 g/mol. The smallest absolute Gasteiger partial charge is 0.338 e. The second kappa shape index (κ2) is 18.0. The topological polar surface area (TPSA) is 73.5 Å². The number of rotatable bonds is 10. The Bertz CT molecular complexity index is 2280. The summed E-state index contributed by atoms with van der Waals surface area (Å²) in [5.41, 5.74) is 7.36. The number of fused-ring (bicyclic) bond motifs is 2. The highest BCUT2D eigenvalue weighted by Gasteiger charge is 2.18. The van der Waals surface area contributed by atoms with E-state index < -0.39 is 5.97 Å². The van der Waals surface area contributed by atoms with Crippen molar-refractivity contribution in [2.75, 3.05) is 7.11 Å². The Morgan fingerprint density at radius 2 is 1.07 bits per heavy atom. The monoisotopic (exact) mass is 776 g/mol. The van der Waals surface area contributed by atoms with Crippen LogP contribution in [0.15, 0.2) is 97.3 Å². The normalized spacial score (nSPS) is 15.2. The molecule has 0 aliphatic heterocycles. The first-order valence-corrected chi connectivity index (χ1v) is 20.5. The van der Waals surface area contributed by atoms with Gasteiger partial charge in [-0.15, -0.1) is 0 Å². The number of benzene rings is 4. The molecule has 2 heterocycles. The summed E-state index contributed by atoms with van der Waals surface area (Å²) in [7, 11) is 1.40. The predicted molar refractivity (Wildman–Crippen MR) is 224 cm³/mol. The lowest BCUT2D eigenvalue weighted by Crippen LogP contribution is -2.13. The first-order chi connectivity index (χ1) is 26.7. The number of nitrogens with zero attached hydrogens (tertiary/aromatic N) is 2. The molecule has 8 heteroatoms. The lowest BCUT2D eigenvalue weighted by molar-refractivity contribution is 0.0598. The molecular formula is C47H50Cl2N2O4. The van der Waals surface area contributed by atoms with Crippen LogP contribution in [0.2, 0.25) is 10.0 Å². The molecule has 0 bridgehead atoms. The molecule has 0 saturated heterocycles. The summed E-state index contributed by atoms with van der Waals surface area (Å²) in [4.78, 5) is 23.6. The third kappa shape index (κ3) is 9.66. The van der Waals surface area contributed by atoms with E-state index >= 15 is 0 Å². The van der Waals surface area contributed by atoms with Crippen LogP contribution in [0.4, 0.5) is 0 Å². The van der Waals surface area contributed by atoms with E-state index in [-0.39, 0.29) is 11.5 Å². The van der Waals surface area contributed by atoms with Crippen LogP contribution in [-0.2, 0) is 30.7 Å². The number of halogens is 2. The molecule has 0 spiro atoms. The molecule has 0 amide bonds. The van der Waals surface area contributed by atoms with Gasteiger partial charge in [-0.25, -0.2) is 9.59 Å². The number of carboxylic acids is 1. The van der Waals surface area contributed by atoms with E-state index in [1.807, 2.05) is 18.2 Å². The number of esters is 1. The second-order valence-corrected chi connectivity index (χ2v) is 16.4. The van der Waals surface area contributed by atoms with Crippen LogP contribution in [0.3, 0.4) is 0 Å². The van der Waals surface area contributed by atoms with Gasteiger partial charge in [0.15, 0.2) is 0 Å². The van der Waals surface area contributed by atoms with Crippen LogP contribution in [-0.4, -0.2) is 33.3 Å². The van der Waals surface area contributed by atoms with Gasteiger partial charge in [0.25, 0.3) is 0 Å². The SMILES string of the molecule is COC(=O)c1cc(Cl)ccc1Cc1ccc2c(ccn2CC2CCCCC2)c1.O=C(O)c1cc(Cl)ccc1Cc1ccc2c(ccn2CC2CCCCC2)c1. The molecule has 286 valence electrons. The first-order valence-electron chi connectivity index (χ1n) is 19.8. The molecule has 1 N–H and O–H groups in total. The number of carbonyl (C=O) groups excluding carboxylic acids is 1. The van der Waals surface area contributed by atoms with Gasteiger partial charge in [0.1, 0.15) is 0 Å². The third-order valence-electron chi connectivity index (χ3n) is 11.6. The van der Waals surface area contributed by atoms with Crippen LogP contribution in [0.5, 0.6) is 0 Å². The third-order valence-corrected chi connectivity index (χ3v) is 12.1. The minimum Gasteiger partial charge on any atom is -0.478 e. The summed E-state index contributed by atoms with van der Waals surface area (Å²) in [5, 5.41) is 12.9. The van der Waals surface area contributed by atoms with Crippen LogP contribution < -0.4 is 0 Å². The number of aromatic nitrogens is 2. The average Bonchev–Trinajstić information content (AvgIpc) is 3.79. The molecule has 0 atom stereocenters. The molecule has 2 aliphatic rings. The van der Waals surface area contributed by atoms with Gasteiger partial charge in [-0.3, -0.25) is 0 Å². The van der Waals surface area contributed by atoms with Crippen molar-refractivity contribution < 1.29 is 19.4 Å². The summed E-state index contributed by atoms with van der Waals surface area (Å²) in [5.74, 6) is 0.311. The first kappa shape index (κ1) is 38.7. The van der Waals surface area contributed by atoms with E-state index in [1.54, 1.807) is 12.1 Å². The zero-order chi connectivity index (χ0) is 38.3. The molecule has 55 heavy (non-hydrogen) atoms. The summed E-state index contributed by atoms with van der Waals surface area (Å²) in [6.07, 6.45) is 19.3. The lowest BCUT2D eigenvalue weighted by atomic mass is 9.89. The van der Waals surface area contributed by atoms with E-state index in [4.69, 9.17) is 27.9 Å². The maximum atomic E-state index is 12.1. The molecule has 2 saturated carbocycles. The zero-order valence-corrected chi connectivity index (χ0v) is 33.1. The fraction of sp³-hybridized carbons (Fsp3) is 0.362. The maximum absolute atomic E-state index is 12.1. The van der Waals surface area contributed by atoms with E-state index in [0.717, 1.165) is 41.6 Å². The number of aromatic carboxylic acids is 1. The molecule has 6 aromatic rings. The minimum atomic E-state index is -0.938. The van der Waals surface area contributed by atoms with Crippen LogP contribution in [0.25, 0.3) is 21.8 Å². The van der Waals surface area contributed by atoms with Gasteiger partial charge in [-0.1, -0.05) is 86.0 Å². The van der Waals surface area contributed by atoms with Crippen molar-refractivity contribution >= 4 is 56.9 Å². The highest BCUT2D eigenvalue weighted by molar-refractivity contribution is 6.31. The van der Waals surface area contributed by atoms with Gasteiger partial charge >= 0.3 is 11.9 Å². The molecule has 2 fully saturated rings. The Labute approximate surface area is 334 Å². The molecule has 0 radical (unpaired) electrons. The van der Waals surface area contributed by atoms with Crippen molar-refractivity contribution in [3.8, 4) is 0 Å². The lowest BCUT2D eigenvalue weighted by Gasteiger charge is -2.22. The van der Waals surface area contributed by atoms with Gasteiger partial charge in [0, 0.05) is 46.6 Å². The van der Waals surface area contributed by atoms with E-state index in [9.17, 15) is 14.7 Å². The van der Waals surface area contributed by atoms with E-state index in [0.29, 0.717) is 28.5 Å². The molecule has 2 aromatic heterocycles.